The topological polar surface area (TPSA) is 52.0 Å². The Bertz CT molecular complexity index is 426. The molecule has 1 rings (SSSR count). The highest BCUT2D eigenvalue weighted by atomic mass is 127. The molecule has 1 heterocycles. The summed E-state index contributed by atoms with van der Waals surface area (Å²) in [6.07, 6.45) is 2.77. The number of hydrogen-bond acceptors (Lipinski definition) is 3. The van der Waals surface area contributed by atoms with Crippen LogP contribution in [0.4, 0.5) is 0 Å². The van der Waals surface area contributed by atoms with E-state index < -0.39 is 0 Å². The molecule has 0 radical (unpaired) electrons. The second kappa shape index (κ2) is 5.39. The van der Waals surface area contributed by atoms with Crippen LogP contribution < -0.4 is 5.56 Å². The first kappa shape index (κ1) is 12.4. The molecule has 15 heavy (non-hydrogen) atoms. The average molecular weight is 320 g/mol. The number of ketones is 1. The van der Waals surface area contributed by atoms with Gasteiger partial charge in [0.25, 0.3) is 5.56 Å². The third-order valence-electron chi connectivity index (χ3n) is 2.12. The number of carbonyl (C=O) groups excluding carboxylic acids is 1. The zero-order valence-electron chi connectivity index (χ0n) is 8.79. The second-order valence-corrected chi connectivity index (χ2v) is 4.58. The van der Waals surface area contributed by atoms with E-state index in [1.54, 1.807) is 24.6 Å². The molecule has 0 saturated carbocycles. The van der Waals surface area contributed by atoms with Crippen LogP contribution in [0.3, 0.4) is 0 Å². The number of nitrogens with zero attached hydrogens (tertiary/aromatic N) is 2. The number of Topliss-reactive ketones (excluding diaryl/α,β-unsaturated/α-hetero) is 1. The first-order valence-electron chi connectivity index (χ1n) is 4.73. The van der Waals surface area contributed by atoms with E-state index in [2.05, 4.69) is 4.98 Å². The van der Waals surface area contributed by atoms with Crippen LogP contribution in [-0.2, 0) is 11.3 Å². The van der Waals surface area contributed by atoms with Gasteiger partial charge in [0.2, 0.25) is 0 Å². The second-order valence-electron chi connectivity index (χ2n) is 3.42. The summed E-state index contributed by atoms with van der Waals surface area (Å²) >= 11 is 1.97. The van der Waals surface area contributed by atoms with Gasteiger partial charge in [-0.2, -0.15) is 0 Å². The van der Waals surface area contributed by atoms with Crippen LogP contribution in [0.5, 0.6) is 0 Å². The number of carbonyl (C=O) groups is 1. The van der Waals surface area contributed by atoms with Crippen molar-refractivity contribution in [2.75, 3.05) is 0 Å². The normalized spacial score (nSPS) is 10.3. The molecular weight excluding hydrogens is 307 g/mol. The molecule has 4 nitrogen and oxygen atoms in total. The Morgan fingerprint density at radius 2 is 2.27 bits per heavy atom. The fraction of sp³-hybridized carbons (Fsp3) is 0.500. The van der Waals surface area contributed by atoms with E-state index in [0.29, 0.717) is 28.8 Å². The van der Waals surface area contributed by atoms with E-state index in [4.69, 9.17) is 0 Å². The Morgan fingerprint density at radius 3 is 2.87 bits per heavy atom. The van der Waals surface area contributed by atoms with Crippen molar-refractivity contribution in [3.8, 4) is 0 Å². The highest BCUT2D eigenvalue weighted by Crippen LogP contribution is 2.00. The summed E-state index contributed by atoms with van der Waals surface area (Å²) in [5.41, 5.74) is -0.0216. The lowest BCUT2D eigenvalue weighted by Gasteiger charge is -2.08. The minimum atomic E-state index is -0.0216. The Balaban J connectivity index is 2.80. The van der Waals surface area contributed by atoms with Crippen LogP contribution in [0.1, 0.15) is 25.6 Å². The van der Waals surface area contributed by atoms with Gasteiger partial charge in [-0.25, -0.2) is 4.98 Å². The van der Waals surface area contributed by atoms with Crippen LogP contribution in [0.15, 0.2) is 11.0 Å². The maximum absolute atomic E-state index is 11.7. The van der Waals surface area contributed by atoms with Crippen molar-refractivity contribution >= 4 is 28.4 Å². The molecule has 0 fully saturated rings. The number of hydrogen-bond donors (Lipinski definition) is 0. The van der Waals surface area contributed by atoms with E-state index in [1.165, 1.54) is 0 Å². The zero-order valence-corrected chi connectivity index (χ0v) is 10.9. The number of rotatable bonds is 4. The molecule has 0 aliphatic heterocycles. The van der Waals surface area contributed by atoms with Crippen LogP contribution in [-0.4, -0.2) is 15.3 Å². The molecule has 0 unspecified atom stereocenters. The van der Waals surface area contributed by atoms with Crippen molar-refractivity contribution in [1.82, 2.24) is 9.55 Å². The fourth-order valence-electron chi connectivity index (χ4n) is 1.30. The van der Waals surface area contributed by atoms with Gasteiger partial charge in [0.15, 0.2) is 0 Å². The third-order valence-corrected chi connectivity index (χ3v) is 2.86. The summed E-state index contributed by atoms with van der Waals surface area (Å²) in [7, 11) is 0. The Hall–Kier alpha value is -0.720. The first-order chi connectivity index (χ1) is 7.02. The summed E-state index contributed by atoms with van der Waals surface area (Å²) in [4.78, 5) is 26.6. The third kappa shape index (κ3) is 3.40. The predicted octanol–water partition coefficient (Wildman–Crippen LogP) is 1.53. The van der Waals surface area contributed by atoms with Gasteiger partial charge in [0.05, 0.1) is 3.57 Å². The molecule has 1 aromatic heterocycles. The van der Waals surface area contributed by atoms with Crippen molar-refractivity contribution in [2.45, 2.75) is 33.2 Å². The highest BCUT2D eigenvalue weighted by Gasteiger charge is 2.05. The minimum absolute atomic E-state index is 0.0216. The summed E-state index contributed by atoms with van der Waals surface area (Å²) in [6.45, 7) is 3.92. The average Bonchev–Trinajstić information content (AvgIpc) is 2.17. The van der Waals surface area contributed by atoms with E-state index in [-0.39, 0.29) is 11.3 Å². The molecule has 0 spiro atoms. The summed E-state index contributed by atoms with van der Waals surface area (Å²) in [5, 5.41) is 0. The van der Waals surface area contributed by atoms with Crippen LogP contribution in [0.2, 0.25) is 0 Å². The molecule has 0 saturated heterocycles. The molecule has 0 atom stereocenters. The molecule has 0 aliphatic rings. The zero-order chi connectivity index (χ0) is 11.4. The largest absolute Gasteiger partial charge is 0.300 e. The molecule has 1 aromatic rings. The Kier molecular flexibility index (Phi) is 4.44. The van der Waals surface area contributed by atoms with Gasteiger partial charge in [0.1, 0.15) is 11.6 Å². The summed E-state index contributed by atoms with van der Waals surface area (Å²) in [6, 6.07) is 0. The van der Waals surface area contributed by atoms with Crippen molar-refractivity contribution in [3.63, 3.8) is 0 Å². The molecule has 5 heteroatoms. The van der Waals surface area contributed by atoms with Gasteiger partial charge in [-0.15, -0.1) is 0 Å². The van der Waals surface area contributed by atoms with Crippen molar-refractivity contribution in [1.29, 1.82) is 0 Å². The highest BCUT2D eigenvalue weighted by molar-refractivity contribution is 14.1. The van der Waals surface area contributed by atoms with Gasteiger partial charge in [-0.3, -0.25) is 9.36 Å². The van der Waals surface area contributed by atoms with Crippen molar-refractivity contribution in [2.24, 2.45) is 0 Å². The summed E-state index contributed by atoms with van der Waals surface area (Å²) < 4.78 is 2.23. The lowest BCUT2D eigenvalue weighted by molar-refractivity contribution is -0.117. The van der Waals surface area contributed by atoms with Crippen LogP contribution in [0.25, 0.3) is 0 Å². The van der Waals surface area contributed by atoms with E-state index in [1.807, 2.05) is 22.6 Å². The molecular formula is C10H13IN2O2. The maximum Gasteiger partial charge on any atom is 0.266 e. The maximum atomic E-state index is 11.7. The number of halogens is 1. The van der Waals surface area contributed by atoms with Crippen molar-refractivity contribution < 1.29 is 4.79 Å². The SMILES string of the molecule is CC(=O)CCCn1c(C)ncc(I)c1=O. The van der Waals surface area contributed by atoms with Crippen LogP contribution in [0, 0.1) is 10.5 Å². The van der Waals surface area contributed by atoms with Crippen LogP contribution >= 0.6 is 22.6 Å². The van der Waals surface area contributed by atoms with Gasteiger partial charge in [0, 0.05) is 19.2 Å². The van der Waals surface area contributed by atoms with Gasteiger partial charge in [-0.1, -0.05) is 0 Å². The number of aromatic nitrogens is 2. The minimum Gasteiger partial charge on any atom is -0.300 e. The Morgan fingerprint density at radius 1 is 1.60 bits per heavy atom. The fourth-order valence-corrected chi connectivity index (χ4v) is 1.73. The molecule has 0 bridgehead atoms. The van der Waals surface area contributed by atoms with Crippen molar-refractivity contribution in [3.05, 3.63) is 25.9 Å². The standard InChI is InChI=1S/C10H13IN2O2/c1-7(14)4-3-5-13-8(2)12-6-9(11)10(13)15/h6H,3-5H2,1-2H3. The molecule has 0 aromatic carbocycles. The monoisotopic (exact) mass is 320 g/mol. The molecule has 0 amide bonds. The first-order valence-corrected chi connectivity index (χ1v) is 5.81. The lowest BCUT2D eigenvalue weighted by atomic mass is 10.2. The lowest BCUT2D eigenvalue weighted by Crippen LogP contribution is -2.25. The van der Waals surface area contributed by atoms with E-state index in [9.17, 15) is 9.59 Å². The quantitative estimate of drug-likeness (QED) is 0.791. The van der Waals surface area contributed by atoms with E-state index in [0.717, 1.165) is 0 Å². The molecule has 0 N–H and O–H groups in total. The predicted molar refractivity (Wildman–Crippen MR) is 65.9 cm³/mol. The van der Waals surface area contributed by atoms with Gasteiger partial charge >= 0.3 is 0 Å². The van der Waals surface area contributed by atoms with Gasteiger partial charge < -0.3 is 4.79 Å². The van der Waals surface area contributed by atoms with Gasteiger partial charge in [-0.05, 0) is 42.9 Å². The summed E-state index contributed by atoms with van der Waals surface area (Å²) in [5.74, 6) is 0.850. The van der Waals surface area contributed by atoms with E-state index >= 15 is 0 Å². The molecule has 82 valence electrons. The number of aryl methyl sites for hydroxylation is 1. The Labute approximate surface area is 102 Å². The smallest absolute Gasteiger partial charge is 0.266 e. The molecule has 0 aliphatic carbocycles.